The maximum atomic E-state index is 12.5. The number of benzene rings is 2. The summed E-state index contributed by atoms with van der Waals surface area (Å²) < 4.78 is 5.25. The molecule has 2 aromatic carbocycles. The molecule has 1 amide bonds. The summed E-state index contributed by atoms with van der Waals surface area (Å²) in [5.74, 6) is 0.825. The van der Waals surface area contributed by atoms with E-state index < -0.39 is 0 Å². The van der Waals surface area contributed by atoms with Gasteiger partial charge < -0.3 is 15.4 Å². The summed E-state index contributed by atoms with van der Waals surface area (Å²) in [7, 11) is 1.65. The molecule has 4 nitrogen and oxygen atoms in total. The fraction of sp³-hybridized carbons (Fsp3) is 0.389. The number of amides is 1. The predicted octanol–water partition coefficient (Wildman–Crippen LogP) is 2.47. The van der Waals surface area contributed by atoms with E-state index in [1.54, 1.807) is 7.11 Å². The summed E-state index contributed by atoms with van der Waals surface area (Å²) in [6.07, 6.45) is 3.47. The van der Waals surface area contributed by atoms with Crippen molar-refractivity contribution >= 4 is 16.7 Å². The SMILES string of the molecule is COc1ccc2ccc(C(=O)NC3CC4CCC3N4)cc2c1. The average Bonchev–Trinajstić information content (AvgIpc) is 3.16. The Kier molecular flexibility index (Phi) is 3.26. The van der Waals surface area contributed by atoms with Gasteiger partial charge in [-0.3, -0.25) is 4.79 Å². The average molecular weight is 296 g/mol. The summed E-state index contributed by atoms with van der Waals surface area (Å²) in [5.41, 5.74) is 0.712. The third-order valence-corrected chi connectivity index (χ3v) is 4.93. The zero-order chi connectivity index (χ0) is 15.1. The van der Waals surface area contributed by atoms with Crippen molar-refractivity contribution < 1.29 is 9.53 Å². The van der Waals surface area contributed by atoms with Crippen molar-refractivity contribution in [3.63, 3.8) is 0 Å². The molecule has 4 heteroatoms. The highest BCUT2D eigenvalue weighted by atomic mass is 16.5. The van der Waals surface area contributed by atoms with Gasteiger partial charge in [-0.2, -0.15) is 0 Å². The number of hydrogen-bond donors (Lipinski definition) is 2. The highest BCUT2D eigenvalue weighted by Gasteiger charge is 2.39. The molecule has 3 atom stereocenters. The van der Waals surface area contributed by atoms with E-state index in [0.717, 1.165) is 22.9 Å². The zero-order valence-electron chi connectivity index (χ0n) is 12.6. The van der Waals surface area contributed by atoms with Gasteiger partial charge in [-0.15, -0.1) is 0 Å². The molecule has 2 aliphatic heterocycles. The van der Waals surface area contributed by atoms with Crippen molar-refractivity contribution in [2.45, 2.75) is 37.4 Å². The number of nitrogens with one attached hydrogen (secondary N) is 2. The molecule has 22 heavy (non-hydrogen) atoms. The maximum absolute atomic E-state index is 12.5. The number of hydrogen-bond acceptors (Lipinski definition) is 3. The Hall–Kier alpha value is -2.07. The smallest absolute Gasteiger partial charge is 0.251 e. The Bertz CT molecular complexity index is 728. The summed E-state index contributed by atoms with van der Waals surface area (Å²) >= 11 is 0. The summed E-state index contributed by atoms with van der Waals surface area (Å²) in [5, 5.41) is 8.87. The van der Waals surface area contributed by atoms with Crippen LogP contribution in [0.4, 0.5) is 0 Å². The highest BCUT2D eigenvalue weighted by Crippen LogP contribution is 2.28. The van der Waals surface area contributed by atoms with Gasteiger partial charge in [-0.05, 0) is 54.3 Å². The predicted molar refractivity (Wildman–Crippen MR) is 86.3 cm³/mol. The van der Waals surface area contributed by atoms with Gasteiger partial charge in [0.05, 0.1) is 7.11 Å². The second-order valence-electron chi connectivity index (χ2n) is 6.29. The largest absolute Gasteiger partial charge is 0.497 e. The first-order chi connectivity index (χ1) is 10.7. The third kappa shape index (κ3) is 2.33. The van der Waals surface area contributed by atoms with E-state index in [9.17, 15) is 4.79 Å². The minimum atomic E-state index is 0.0177. The number of ether oxygens (including phenoxy) is 1. The lowest BCUT2D eigenvalue weighted by Gasteiger charge is -2.21. The molecule has 0 aliphatic carbocycles. The van der Waals surface area contributed by atoms with Crippen LogP contribution in [0.1, 0.15) is 29.6 Å². The Labute approximate surface area is 129 Å². The molecule has 0 radical (unpaired) electrons. The van der Waals surface area contributed by atoms with Crippen molar-refractivity contribution in [2.75, 3.05) is 7.11 Å². The number of fused-ring (bicyclic) bond motifs is 3. The Balaban J connectivity index is 1.56. The van der Waals surface area contributed by atoms with Crippen LogP contribution in [0.3, 0.4) is 0 Å². The normalized spacial score (nSPS) is 26.3. The molecule has 2 heterocycles. The Morgan fingerprint density at radius 2 is 2.05 bits per heavy atom. The second kappa shape index (κ2) is 5.29. The summed E-state index contributed by atoms with van der Waals surface area (Å²) in [6, 6.07) is 13.0. The van der Waals surface area contributed by atoms with Gasteiger partial charge in [0.15, 0.2) is 0 Å². The lowest BCUT2D eigenvalue weighted by molar-refractivity contribution is 0.0931. The van der Waals surface area contributed by atoms with Crippen molar-refractivity contribution in [3.8, 4) is 5.75 Å². The van der Waals surface area contributed by atoms with E-state index in [1.807, 2.05) is 36.4 Å². The lowest BCUT2D eigenvalue weighted by atomic mass is 9.95. The number of carbonyl (C=O) groups is 1. The van der Waals surface area contributed by atoms with Crippen molar-refractivity contribution in [3.05, 3.63) is 42.0 Å². The number of methoxy groups -OCH3 is 1. The van der Waals surface area contributed by atoms with Crippen molar-refractivity contribution in [1.82, 2.24) is 10.6 Å². The van der Waals surface area contributed by atoms with Gasteiger partial charge in [0.25, 0.3) is 5.91 Å². The maximum Gasteiger partial charge on any atom is 0.251 e. The van der Waals surface area contributed by atoms with E-state index in [4.69, 9.17) is 4.74 Å². The quantitative estimate of drug-likeness (QED) is 0.915. The van der Waals surface area contributed by atoms with Gasteiger partial charge in [0, 0.05) is 23.7 Å². The Morgan fingerprint density at radius 3 is 2.77 bits per heavy atom. The molecular weight excluding hydrogens is 276 g/mol. The molecule has 2 bridgehead atoms. The number of rotatable bonds is 3. The fourth-order valence-electron chi connectivity index (χ4n) is 3.73. The minimum Gasteiger partial charge on any atom is -0.497 e. The van der Waals surface area contributed by atoms with E-state index in [1.165, 1.54) is 12.8 Å². The van der Waals surface area contributed by atoms with Crippen molar-refractivity contribution in [2.24, 2.45) is 0 Å². The van der Waals surface area contributed by atoms with Crippen LogP contribution >= 0.6 is 0 Å². The fourth-order valence-corrected chi connectivity index (χ4v) is 3.73. The van der Waals surface area contributed by atoms with Crippen LogP contribution in [0, 0.1) is 0 Å². The molecule has 2 aromatic rings. The van der Waals surface area contributed by atoms with Gasteiger partial charge in [0.2, 0.25) is 0 Å². The molecule has 0 saturated carbocycles. The van der Waals surface area contributed by atoms with Crippen LogP contribution in [-0.2, 0) is 0 Å². The molecule has 0 aromatic heterocycles. The highest BCUT2D eigenvalue weighted by molar-refractivity contribution is 5.99. The summed E-state index contributed by atoms with van der Waals surface area (Å²) in [4.78, 5) is 12.5. The van der Waals surface area contributed by atoms with E-state index in [2.05, 4.69) is 10.6 Å². The van der Waals surface area contributed by atoms with Crippen LogP contribution < -0.4 is 15.4 Å². The standard InChI is InChI=1S/C18H20N2O2/c1-22-15-6-4-11-2-3-12(8-13(11)9-15)18(21)20-17-10-14-5-7-16(17)19-14/h2-4,6,8-9,14,16-17,19H,5,7,10H2,1H3,(H,20,21). The van der Waals surface area contributed by atoms with Gasteiger partial charge in [-0.1, -0.05) is 12.1 Å². The van der Waals surface area contributed by atoms with Crippen LogP contribution in [0.5, 0.6) is 5.75 Å². The lowest BCUT2D eigenvalue weighted by Crippen LogP contribution is -2.42. The molecule has 114 valence electrons. The van der Waals surface area contributed by atoms with E-state index in [0.29, 0.717) is 17.6 Å². The molecule has 2 aliphatic rings. The molecule has 4 rings (SSSR count). The molecule has 2 fully saturated rings. The topological polar surface area (TPSA) is 50.4 Å². The van der Waals surface area contributed by atoms with Crippen molar-refractivity contribution in [1.29, 1.82) is 0 Å². The first kappa shape index (κ1) is 13.6. The van der Waals surface area contributed by atoms with Gasteiger partial charge >= 0.3 is 0 Å². The second-order valence-corrected chi connectivity index (χ2v) is 6.29. The first-order valence-electron chi connectivity index (χ1n) is 7.87. The van der Waals surface area contributed by atoms with Gasteiger partial charge in [-0.25, -0.2) is 0 Å². The molecule has 0 spiro atoms. The first-order valence-corrected chi connectivity index (χ1v) is 7.87. The monoisotopic (exact) mass is 296 g/mol. The molecular formula is C18H20N2O2. The molecule has 2 saturated heterocycles. The van der Waals surface area contributed by atoms with E-state index in [-0.39, 0.29) is 11.9 Å². The van der Waals surface area contributed by atoms with E-state index >= 15 is 0 Å². The van der Waals surface area contributed by atoms with Gasteiger partial charge in [0.1, 0.15) is 5.75 Å². The van der Waals surface area contributed by atoms with Crippen LogP contribution in [0.25, 0.3) is 10.8 Å². The van der Waals surface area contributed by atoms with Crippen LogP contribution in [0.2, 0.25) is 0 Å². The molecule has 3 unspecified atom stereocenters. The van der Waals surface area contributed by atoms with Crippen LogP contribution in [-0.4, -0.2) is 31.1 Å². The number of carbonyl (C=O) groups excluding carboxylic acids is 1. The zero-order valence-corrected chi connectivity index (χ0v) is 12.6. The molecule has 2 N–H and O–H groups in total. The Morgan fingerprint density at radius 1 is 1.18 bits per heavy atom. The minimum absolute atomic E-state index is 0.0177. The van der Waals surface area contributed by atoms with Crippen LogP contribution in [0.15, 0.2) is 36.4 Å². The summed E-state index contributed by atoms with van der Waals surface area (Å²) in [6.45, 7) is 0. The third-order valence-electron chi connectivity index (χ3n) is 4.93.